The summed E-state index contributed by atoms with van der Waals surface area (Å²) in [5, 5.41) is 3.36. The van der Waals surface area contributed by atoms with E-state index in [2.05, 4.69) is 5.32 Å². The molecule has 0 amide bonds. The third-order valence-electron chi connectivity index (χ3n) is 5.93. The van der Waals surface area contributed by atoms with Crippen molar-refractivity contribution in [2.75, 3.05) is 6.54 Å². The highest BCUT2D eigenvalue weighted by Gasteiger charge is 2.41. The lowest BCUT2D eigenvalue weighted by atomic mass is 9.99. The number of allylic oxidation sites excluding steroid dienone is 1. The summed E-state index contributed by atoms with van der Waals surface area (Å²) in [5.41, 5.74) is 2.74. The van der Waals surface area contributed by atoms with Crippen molar-refractivity contribution < 1.29 is 18.0 Å². The van der Waals surface area contributed by atoms with E-state index >= 15 is 0 Å². The third-order valence-corrected chi connectivity index (χ3v) is 7.73. The second-order valence-electron chi connectivity index (χ2n) is 10.0. The zero-order valence-corrected chi connectivity index (χ0v) is 21.9. The molecular formula is C29H30N2O4S. The van der Waals surface area contributed by atoms with Gasteiger partial charge in [-0.1, -0.05) is 72.3 Å². The predicted molar refractivity (Wildman–Crippen MR) is 141 cm³/mol. The van der Waals surface area contributed by atoms with Gasteiger partial charge in [0.15, 0.2) is 5.78 Å². The minimum Gasteiger partial charge on any atom is -0.378 e. The molecule has 0 unspecified atom stereocenters. The van der Waals surface area contributed by atoms with Crippen LogP contribution in [0.15, 0.2) is 83.4 Å². The highest BCUT2D eigenvalue weighted by Crippen LogP contribution is 2.38. The van der Waals surface area contributed by atoms with E-state index < -0.39 is 27.9 Å². The summed E-state index contributed by atoms with van der Waals surface area (Å²) in [7, 11) is -4.20. The fourth-order valence-corrected chi connectivity index (χ4v) is 5.99. The van der Waals surface area contributed by atoms with Crippen LogP contribution in [0.4, 0.5) is 0 Å². The van der Waals surface area contributed by atoms with Crippen LogP contribution in [0.1, 0.15) is 58.2 Å². The molecule has 0 fully saturated rings. The smallest absolute Gasteiger partial charge is 0.265 e. The van der Waals surface area contributed by atoms with Crippen LogP contribution >= 0.6 is 0 Å². The average Bonchev–Trinajstić information content (AvgIpc) is 2.81. The molecule has 0 radical (unpaired) electrons. The molecule has 0 bridgehead atoms. The molecule has 1 aliphatic heterocycles. The van der Waals surface area contributed by atoms with Crippen LogP contribution in [-0.2, 0) is 10.0 Å². The van der Waals surface area contributed by atoms with E-state index in [4.69, 9.17) is 0 Å². The topological polar surface area (TPSA) is 83.6 Å². The summed E-state index contributed by atoms with van der Waals surface area (Å²) in [6.45, 7) is 9.05. The molecular weight excluding hydrogens is 472 g/mol. The maximum atomic E-state index is 13.9. The molecule has 1 N–H and O–H groups in total. The molecule has 1 heterocycles. The number of fused-ring (bicyclic) bond motifs is 1. The SMILES string of the molecule is Cc1ccc(C(=O)CN2C(C(=O)c3ccccc3)=C(NC(C)(C)C)c3ccccc3S2(=O)=O)c(C)c1. The van der Waals surface area contributed by atoms with Gasteiger partial charge in [-0.2, -0.15) is 0 Å². The molecule has 0 atom stereocenters. The van der Waals surface area contributed by atoms with Crippen molar-refractivity contribution in [1.29, 1.82) is 0 Å². The Morgan fingerprint density at radius 2 is 1.53 bits per heavy atom. The quantitative estimate of drug-likeness (QED) is 0.473. The van der Waals surface area contributed by atoms with Gasteiger partial charge in [0, 0.05) is 22.2 Å². The number of carbonyl (C=O) groups is 2. The summed E-state index contributed by atoms with van der Waals surface area (Å²) in [6, 6.07) is 20.5. The van der Waals surface area contributed by atoms with Crippen molar-refractivity contribution in [1.82, 2.24) is 9.62 Å². The van der Waals surface area contributed by atoms with E-state index in [-0.39, 0.29) is 16.4 Å². The number of hydrogen-bond acceptors (Lipinski definition) is 5. The summed E-state index contributed by atoms with van der Waals surface area (Å²) in [5.74, 6) is -0.863. The van der Waals surface area contributed by atoms with Gasteiger partial charge in [-0.05, 0) is 46.2 Å². The van der Waals surface area contributed by atoms with E-state index in [1.165, 1.54) is 6.07 Å². The average molecular weight is 503 g/mol. The zero-order valence-electron chi connectivity index (χ0n) is 21.1. The van der Waals surface area contributed by atoms with Crippen molar-refractivity contribution in [3.05, 3.63) is 106 Å². The number of benzene rings is 3. The van der Waals surface area contributed by atoms with E-state index in [0.717, 1.165) is 15.4 Å². The van der Waals surface area contributed by atoms with E-state index in [0.29, 0.717) is 22.4 Å². The lowest BCUT2D eigenvalue weighted by Crippen LogP contribution is -2.45. The molecule has 186 valence electrons. The lowest BCUT2D eigenvalue weighted by Gasteiger charge is -2.36. The van der Waals surface area contributed by atoms with Gasteiger partial charge in [0.05, 0.1) is 17.1 Å². The van der Waals surface area contributed by atoms with Crippen LogP contribution in [0, 0.1) is 13.8 Å². The summed E-state index contributed by atoms with van der Waals surface area (Å²) in [6.07, 6.45) is 0. The molecule has 6 nitrogen and oxygen atoms in total. The van der Waals surface area contributed by atoms with Crippen molar-refractivity contribution in [3.8, 4) is 0 Å². The van der Waals surface area contributed by atoms with E-state index in [1.807, 2.05) is 46.8 Å². The second-order valence-corrected chi connectivity index (χ2v) is 11.9. The Bertz CT molecular complexity index is 1480. The molecule has 36 heavy (non-hydrogen) atoms. The van der Waals surface area contributed by atoms with Crippen molar-refractivity contribution in [3.63, 3.8) is 0 Å². The Kier molecular flexibility index (Phi) is 6.62. The first kappa shape index (κ1) is 25.4. The van der Waals surface area contributed by atoms with Crippen molar-refractivity contribution >= 4 is 27.3 Å². The van der Waals surface area contributed by atoms with Gasteiger partial charge < -0.3 is 5.32 Å². The van der Waals surface area contributed by atoms with Crippen LogP contribution < -0.4 is 5.32 Å². The Balaban J connectivity index is 1.96. The number of hydrogen-bond donors (Lipinski definition) is 1. The summed E-state index contributed by atoms with van der Waals surface area (Å²) in [4.78, 5) is 27.4. The number of aryl methyl sites for hydroxylation is 2. The molecule has 0 spiro atoms. The summed E-state index contributed by atoms with van der Waals surface area (Å²) >= 11 is 0. The number of nitrogens with zero attached hydrogens (tertiary/aromatic N) is 1. The fraction of sp³-hybridized carbons (Fsp3) is 0.241. The third kappa shape index (κ3) is 4.84. The maximum absolute atomic E-state index is 13.9. The highest BCUT2D eigenvalue weighted by molar-refractivity contribution is 7.89. The first-order valence-corrected chi connectivity index (χ1v) is 13.2. The molecule has 7 heteroatoms. The fourth-order valence-electron chi connectivity index (χ4n) is 4.35. The zero-order chi connectivity index (χ0) is 26.3. The Morgan fingerprint density at radius 1 is 0.889 bits per heavy atom. The standard InChI is InChI=1S/C29H30N2O4S/c1-19-15-16-22(20(2)17-19)24(32)18-31-27(28(33)21-11-7-6-8-12-21)26(30-29(3,4)5)23-13-9-10-14-25(23)36(31,34)35/h6-17,30H,18H2,1-5H3. The minimum absolute atomic E-state index is 0.0507. The van der Waals surface area contributed by atoms with Gasteiger partial charge in [0.1, 0.15) is 5.70 Å². The van der Waals surface area contributed by atoms with Gasteiger partial charge in [0.25, 0.3) is 10.0 Å². The summed E-state index contributed by atoms with van der Waals surface area (Å²) < 4.78 is 28.8. The number of rotatable bonds is 6. The normalized spacial score (nSPS) is 14.9. The Morgan fingerprint density at radius 3 is 2.17 bits per heavy atom. The number of Topliss-reactive ketones (excluding diaryl/α,β-unsaturated/α-hetero) is 2. The predicted octanol–water partition coefficient (Wildman–Crippen LogP) is 5.13. The van der Waals surface area contributed by atoms with Crippen LogP contribution in [0.5, 0.6) is 0 Å². The molecule has 3 aromatic rings. The van der Waals surface area contributed by atoms with Gasteiger partial charge in [-0.3, -0.25) is 13.9 Å². The molecule has 0 saturated carbocycles. The van der Waals surface area contributed by atoms with E-state index in [1.54, 1.807) is 54.6 Å². The molecule has 0 aromatic heterocycles. The highest BCUT2D eigenvalue weighted by atomic mass is 32.2. The van der Waals surface area contributed by atoms with Crippen molar-refractivity contribution in [2.45, 2.75) is 45.1 Å². The molecule has 4 rings (SSSR count). The first-order valence-electron chi connectivity index (χ1n) is 11.7. The number of carbonyl (C=O) groups excluding carboxylic acids is 2. The van der Waals surface area contributed by atoms with Crippen LogP contribution in [-0.4, -0.2) is 36.4 Å². The largest absolute Gasteiger partial charge is 0.378 e. The number of ketones is 2. The molecule has 0 aliphatic carbocycles. The maximum Gasteiger partial charge on any atom is 0.265 e. The minimum atomic E-state index is -4.20. The Hall–Kier alpha value is -3.71. The van der Waals surface area contributed by atoms with Crippen LogP contribution in [0.25, 0.3) is 5.70 Å². The lowest BCUT2D eigenvalue weighted by molar-refractivity contribution is 0.0957. The molecule has 0 saturated heterocycles. The van der Waals surface area contributed by atoms with Crippen LogP contribution in [0.2, 0.25) is 0 Å². The molecule has 3 aromatic carbocycles. The van der Waals surface area contributed by atoms with Gasteiger partial charge in [-0.25, -0.2) is 8.42 Å². The second kappa shape index (κ2) is 9.39. The van der Waals surface area contributed by atoms with E-state index in [9.17, 15) is 18.0 Å². The number of nitrogens with one attached hydrogen (secondary N) is 1. The first-order chi connectivity index (χ1) is 16.9. The van der Waals surface area contributed by atoms with Crippen LogP contribution in [0.3, 0.4) is 0 Å². The Labute approximate surface area is 212 Å². The van der Waals surface area contributed by atoms with Gasteiger partial charge in [-0.15, -0.1) is 0 Å². The monoisotopic (exact) mass is 502 g/mol. The number of sulfonamides is 1. The van der Waals surface area contributed by atoms with Gasteiger partial charge >= 0.3 is 0 Å². The molecule has 1 aliphatic rings. The van der Waals surface area contributed by atoms with Gasteiger partial charge in [0.2, 0.25) is 5.78 Å². The van der Waals surface area contributed by atoms with Crippen molar-refractivity contribution in [2.24, 2.45) is 0 Å².